The normalized spacial score (nSPS) is 22.7. The van der Waals surface area contributed by atoms with E-state index in [9.17, 15) is 18.0 Å². The quantitative estimate of drug-likeness (QED) is 0.822. The fraction of sp³-hybridized carbons (Fsp3) is 0.474. The molecule has 1 spiro atoms. The number of carbonyl (C=O) groups is 2. The van der Waals surface area contributed by atoms with E-state index in [0.29, 0.717) is 13.0 Å². The van der Waals surface area contributed by atoms with Gasteiger partial charge in [-0.2, -0.15) is 0 Å². The number of sulfone groups is 1. The summed E-state index contributed by atoms with van der Waals surface area (Å²) in [6.45, 7) is 4.00. The number of benzene rings is 1. The van der Waals surface area contributed by atoms with Gasteiger partial charge < -0.3 is 15.2 Å². The molecule has 2 N–H and O–H groups in total. The Morgan fingerprint density at radius 2 is 2.04 bits per heavy atom. The number of likely N-dealkylation sites (tertiary alicyclic amines) is 1. The number of aromatic nitrogens is 1. The fourth-order valence-corrected chi connectivity index (χ4v) is 6.63. The number of nitrogens with zero attached hydrogens (tertiary/aromatic N) is 1. The van der Waals surface area contributed by atoms with Gasteiger partial charge in [0, 0.05) is 37.8 Å². The molecular weight excluding hydrogens is 366 g/mol. The van der Waals surface area contributed by atoms with E-state index in [1.54, 1.807) is 0 Å². The Morgan fingerprint density at radius 3 is 2.74 bits per heavy atom. The summed E-state index contributed by atoms with van der Waals surface area (Å²) in [5.41, 5.74) is 3.08. The number of amides is 2. The number of aromatic amines is 1. The molecule has 144 valence electrons. The molecule has 1 unspecified atom stereocenters. The van der Waals surface area contributed by atoms with Crippen LogP contribution in [0.2, 0.25) is 0 Å². The lowest BCUT2D eigenvalue weighted by atomic mass is 9.82. The Bertz CT molecular complexity index is 1030. The highest BCUT2D eigenvalue weighted by atomic mass is 32.2. The minimum atomic E-state index is -3.38. The summed E-state index contributed by atoms with van der Waals surface area (Å²) >= 11 is 0. The second-order valence-corrected chi connectivity index (χ2v) is 10.1. The Labute approximate surface area is 158 Å². The SMILES string of the molecule is CC(=O)N1CC2(C1)C(C(=O)NCc1ccc3[nH]c(C)cc3c1)CCS2(=O)=O. The van der Waals surface area contributed by atoms with Gasteiger partial charge in [0.2, 0.25) is 11.8 Å². The third kappa shape index (κ3) is 2.82. The van der Waals surface area contributed by atoms with Crippen LogP contribution in [0.15, 0.2) is 24.3 Å². The standard InChI is InChI=1S/C19H23N3O4S/c1-12-7-15-8-14(3-4-17(15)21-12)9-20-18(24)16-5-6-27(25,26)19(16)10-22(11-19)13(2)23/h3-4,7-8,16,21H,5-6,9-11H2,1-2H3,(H,20,24). The molecule has 2 aliphatic rings. The van der Waals surface area contributed by atoms with Crippen LogP contribution in [0.5, 0.6) is 0 Å². The maximum atomic E-state index is 12.8. The summed E-state index contributed by atoms with van der Waals surface area (Å²) in [7, 11) is -3.38. The van der Waals surface area contributed by atoms with Crippen molar-refractivity contribution in [1.82, 2.24) is 15.2 Å². The van der Waals surface area contributed by atoms with E-state index in [2.05, 4.69) is 10.3 Å². The number of fused-ring (bicyclic) bond motifs is 1. The maximum absolute atomic E-state index is 12.8. The minimum Gasteiger partial charge on any atom is -0.359 e. The molecule has 2 fully saturated rings. The number of rotatable bonds is 3. The summed E-state index contributed by atoms with van der Waals surface area (Å²) in [6, 6.07) is 7.98. The van der Waals surface area contributed by atoms with Crippen molar-refractivity contribution < 1.29 is 18.0 Å². The summed E-state index contributed by atoms with van der Waals surface area (Å²) < 4.78 is 24.0. The molecule has 0 radical (unpaired) electrons. The van der Waals surface area contributed by atoms with Gasteiger partial charge in [0.1, 0.15) is 4.75 Å². The van der Waals surface area contributed by atoms with Gasteiger partial charge >= 0.3 is 0 Å². The zero-order valence-corrected chi connectivity index (χ0v) is 16.2. The predicted molar refractivity (Wildman–Crippen MR) is 102 cm³/mol. The van der Waals surface area contributed by atoms with Crippen molar-refractivity contribution in [3.63, 3.8) is 0 Å². The number of hydrogen-bond donors (Lipinski definition) is 2. The monoisotopic (exact) mass is 389 g/mol. The van der Waals surface area contributed by atoms with Crippen LogP contribution in [0.4, 0.5) is 0 Å². The van der Waals surface area contributed by atoms with Crippen LogP contribution < -0.4 is 5.32 Å². The maximum Gasteiger partial charge on any atom is 0.225 e. The molecule has 2 saturated heterocycles. The second kappa shape index (κ2) is 6.09. The van der Waals surface area contributed by atoms with Gasteiger partial charge in [0.15, 0.2) is 9.84 Å². The molecule has 2 amide bonds. The van der Waals surface area contributed by atoms with Crippen LogP contribution in [0.3, 0.4) is 0 Å². The average molecular weight is 389 g/mol. The van der Waals surface area contributed by atoms with Gasteiger partial charge in [-0.3, -0.25) is 9.59 Å². The average Bonchev–Trinajstić information content (AvgIpc) is 3.05. The third-order valence-electron chi connectivity index (χ3n) is 5.90. The summed E-state index contributed by atoms with van der Waals surface area (Å²) in [5, 5.41) is 3.98. The Morgan fingerprint density at radius 1 is 1.30 bits per heavy atom. The van der Waals surface area contributed by atoms with E-state index in [4.69, 9.17) is 0 Å². The fourth-order valence-electron chi connectivity index (χ4n) is 4.32. The largest absolute Gasteiger partial charge is 0.359 e. The van der Waals surface area contributed by atoms with E-state index >= 15 is 0 Å². The van der Waals surface area contributed by atoms with Gasteiger partial charge in [0.05, 0.1) is 11.7 Å². The molecule has 0 aliphatic carbocycles. The van der Waals surface area contributed by atoms with Gasteiger partial charge in [-0.15, -0.1) is 0 Å². The molecule has 1 aromatic carbocycles. The van der Waals surface area contributed by atoms with Crippen molar-refractivity contribution in [2.24, 2.45) is 5.92 Å². The van der Waals surface area contributed by atoms with Crippen molar-refractivity contribution in [2.45, 2.75) is 31.6 Å². The van der Waals surface area contributed by atoms with E-state index in [0.717, 1.165) is 22.2 Å². The van der Waals surface area contributed by atoms with Gasteiger partial charge in [-0.1, -0.05) is 6.07 Å². The van der Waals surface area contributed by atoms with Crippen molar-refractivity contribution in [3.8, 4) is 0 Å². The second-order valence-electron chi connectivity index (χ2n) is 7.69. The molecule has 0 saturated carbocycles. The molecule has 7 nitrogen and oxygen atoms in total. The van der Waals surface area contributed by atoms with Crippen molar-refractivity contribution in [3.05, 3.63) is 35.5 Å². The minimum absolute atomic E-state index is 0.00537. The number of nitrogens with one attached hydrogen (secondary N) is 2. The van der Waals surface area contributed by atoms with Gasteiger partial charge in [-0.05, 0) is 42.5 Å². The first-order valence-corrected chi connectivity index (χ1v) is 10.7. The Hall–Kier alpha value is -2.35. The Balaban J connectivity index is 1.48. The first-order chi connectivity index (χ1) is 12.7. The van der Waals surface area contributed by atoms with Crippen molar-refractivity contribution in [1.29, 1.82) is 0 Å². The number of H-pyrrole nitrogens is 1. The molecule has 8 heteroatoms. The lowest BCUT2D eigenvalue weighted by molar-refractivity contribution is -0.138. The molecule has 1 aromatic heterocycles. The molecule has 2 aromatic rings. The lowest BCUT2D eigenvalue weighted by Gasteiger charge is -2.49. The summed E-state index contributed by atoms with van der Waals surface area (Å²) in [6.07, 6.45) is 0.315. The third-order valence-corrected chi connectivity index (χ3v) is 8.45. The highest BCUT2D eigenvalue weighted by Crippen LogP contribution is 2.44. The van der Waals surface area contributed by atoms with Crippen LogP contribution >= 0.6 is 0 Å². The molecule has 1 atom stereocenters. The van der Waals surface area contributed by atoms with Crippen LogP contribution in [-0.2, 0) is 26.0 Å². The number of aryl methyl sites for hydroxylation is 1. The number of hydrogen-bond acceptors (Lipinski definition) is 4. The highest BCUT2D eigenvalue weighted by Gasteiger charge is 2.64. The zero-order valence-electron chi connectivity index (χ0n) is 15.4. The number of carbonyl (C=O) groups excluding carboxylic acids is 2. The van der Waals surface area contributed by atoms with Crippen LogP contribution in [0.25, 0.3) is 10.9 Å². The van der Waals surface area contributed by atoms with E-state index in [1.807, 2.05) is 31.2 Å². The molecule has 2 aliphatic heterocycles. The molecule has 4 rings (SSSR count). The van der Waals surface area contributed by atoms with Crippen LogP contribution in [0, 0.1) is 12.8 Å². The topological polar surface area (TPSA) is 99.3 Å². The van der Waals surface area contributed by atoms with Crippen molar-refractivity contribution in [2.75, 3.05) is 18.8 Å². The van der Waals surface area contributed by atoms with E-state index in [1.165, 1.54) is 11.8 Å². The summed E-state index contributed by atoms with van der Waals surface area (Å²) in [4.78, 5) is 29.0. The van der Waals surface area contributed by atoms with Gasteiger partial charge in [-0.25, -0.2) is 8.42 Å². The highest BCUT2D eigenvalue weighted by molar-refractivity contribution is 7.93. The van der Waals surface area contributed by atoms with Crippen LogP contribution in [-0.4, -0.2) is 53.7 Å². The van der Waals surface area contributed by atoms with E-state index in [-0.39, 0.29) is 30.7 Å². The summed E-state index contributed by atoms with van der Waals surface area (Å²) in [5.74, 6) is -0.997. The van der Waals surface area contributed by atoms with Gasteiger partial charge in [0.25, 0.3) is 0 Å². The predicted octanol–water partition coefficient (Wildman–Crippen LogP) is 1.13. The first-order valence-electron chi connectivity index (χ1n) is 9.06. The Kier molecular flexibility index (Phi) is 4.06. The lowest BCUT2D eigenvalue weighted by Crippen LogP contribution is -2.69. The first kappa shape index (κ1) is 18.0. The zero-order chi connectivity index (χ0) is 19.4. The molecule has 27 heavy (non-hydrogen) atoms. The van der Waals surface area contributed by atoms with Crippen molar-refractivity contribution >= 4 is 32.6 Å². The smallest absolute Gasteiger partial charge is 0.225 e. The van der Waals surface area contributed by atoms with E-state index < -0.39 is 20.5 Å². The molecule has 3 heterocycles. The van der Waals surface area contributed by atoms with Crippen LogP contribution in [0.1, 0.15) is 24.6 Å². The molecular formula is C19H23N3O4S. The molecule has 0 bridgehead atoms.